The van der Waals surface area contributed by atoms with Gasteiger partial charge in [-0.25, -0.2) is 4.39 Å². The highest BCUT2D eigenvalue weighted by molar-refractivity contribution is 4.75. The van der Waals surface area contributed by atoms with Gasteiger partial charge in [-0.2, -0.15) is 0 Å². The van der Waals surface area contributed by atoms with Crippen LogP contribution < -0.4 is 5.73 Å². The van der Waals surface area contributed by atoms with Crippen LogP contribution in [0.3, 0.4) is 0 Å². The predicted octanol–water partition coefficient (Wildman–Crippen LogP) is 1.58. The molecule has 2 N–H and O–H groups in total. The zero-order chi connectivity index (χ0) is 6.04. The van der Waals surface area contributed by atoms with Crippen molar-refractivity contribution in [2.45, 2.75) is 37.9 Å². The molecular formula is C6H12FN. The third-order valence-corrected chi connectivity index (χ3v) is 1.68. The molecule has 1 aliphatic carbocycles. The van der Waals surface area contributed by atoms with Gasteiger partial charge in [0.1, 0.15) is 0 Å². The van der Waals surface area contributed by atoms with Crippen molar-refractivity contribution < 1.29 is 4.39 Å². The Morgan fingerprint density at radius 1 is 1.12 bits per heavy atom. The molecular weight excluding hydrogens is 105 g/mol. The van der Waals surface area contributed by atoms with E-state index in [1.165, 1.54) is 0 Å². The van der Waals surface area contributed by atoms with Crippen molar-refractivity contribution in [2.75, 3.05) is 0 Å². The van der Waals surface area contributed by atoms with Gasteiger partial charge < -0.3 is 0 Å². The van der Waals surface area contributed by atoms with Crippen molar-refractivity contribution in [3.8, 4) is 0 Å². The topological polar surface area (TPSA) is 26.0 Å². The van der Waals surface area contributed by atoms with Gasteiger partial charge in [0.25, 0.3) is 0 Å². The van der Waals surface area contributed by atoms with Crippen LogP contribution in [0.2, 0.25) is 0 Å². The molecule has 0 bridgehead atoms. The van der Waals surface area contributed by atoms with Crippen molar-refractivity contribution in [1.82, 2.24) is 0 Å². The van der Waals surface area contributed by atoms with E-state index in [9.17, 15) is 4.39 Å². The Kier molecular flexibility index (Phi) is 1.52. The number of rotatable bonds is 0. The molecule has 0 unspecified atom stereocenters. The Hall–Kier alpha value is -0.110. The highest BCUT2D eigenvalue weighted by Crippen LogP contribution is 2.26. The van der Waals surface area contributed by atoms with E-state index in [4.69, 9.17) is 5.73 Å². The smallest absolute Gasteiger partial charge is 0.159 e. The minimum absolute atomic E-state index is 0.562. The highest BCUT2D eigenvalue weighted by atomic mass is 19.1. The standard InChI is InChI=1S/C6H12FN/c7-6(8)4-2-1-3-5-6/h1-5,8H2. The lowest BCUT2D eigenvalue weighted by Crippen LogP contribution is -2.36. The molecule has 1 fully saturated rings. The predicted molar refractivity (Wildman–Crippen MR) is 31.1 cm³/mol. The average molecular weight is 117 g/mol. The zero-order valence-corrected chi connectivity index (χ0v) is 4.99. The average Bonchev–Trinajstić information content (AvgIpc) is 1.65. The summed E-state index contributed by atoms with van der Waals surface area (Å²) in [5.41, 5.74) is 5.21. The lowest BCUT2D eigenvalue weighted by atomic mass is 9.94. The van der Waals surface area contributed by atoms with E-state index in [1.807, 2.05) is 0 Å². The number of halogens is 1. The second-order valence-corrected chi connectivity index (χ2v) is 2.60. The minimum Gasteiger partial charge on any atom is -0.299 e. The van der Waals surface area contributed by atoms with Gasteiger partial charge in [0, 0.05) is 0 Å². The summed E-state index contributed by atoms with van der Waals surface area (Å²) in [6, 6.07) is 0. The molecule has 2 heteroatoms. The first-order valence-electron chi connectivity index (χ1n) is 3.18. The molecule has 0 saturated heterocycles. The van der Waals surface area contributed by atoms with Crippen molar-refractivity contribution in [3.05, 3.63) is 0 Å². The summed E-state index contributed by atoms with van der Waals surface area (Å²) < 4.78 is 12.6. The first kappa shape index (κ1) is 6.02. The normalized spacial score (nSPS) is 27.8. The molecule has 0 amide bonds. The summed E-state index contributed by atoms with van der Waals surface area (Å²) in [5.74, 6) is -1.32. The Bertz CT molecular complexity index is 72.6. The third-order valence-electron chi connectivity index (χ3n) is 1.68. The van der Waals surface area contributed by atoms with Crippen LogP contribution in [0.5, 0.6) is 0 Å². The molecule has 0 aliphatic heterocycles. The Morgan fingerprint density at radius 2 is 1.62 bits per heavy atom. The summed E-state index contributed by atoms with van der Waals surface area (Å²) in [4.78, 5) is 0. The number of alkyl halides is 1. The van der Waals surface area contributed by atoms with Crippen LogP contribution >= 0.6 is 0 Å². The molecule has 0 radical (unpaired) electrons. The molecule has 1 rings (SSSR count). The fraction of sp³-hybridized carbons (Fsp3) is 1.00. The maximum absolute atomic E-state index is 12.6. The number of hydrogen-bond donors (Lipinski definition) is 1. The maximum Gasteiger partial charge on any atom is 0.159 e. The summed E-state index contributed by atoms with van der Waals surface area (Å²) in [6.07, 6.45) is 4.21. The molecule has 1 aliphatic rings. The molecule has 1 nitrogen and oxygen atoms in total. The Labute approximate surface area is 49.1 Å². The van der Waals surface area contributed by atoms with E-state index < -0.39 is 5.79 Å². The monoisotopic (exact) mass is 117 g/mol. The van der Waals surface area contributed by atoms with Crippen molar-refractivity contribution in [3.63, 3.8) is 0 Å². The largest absolute Gasteiger partial charge is 0.299 e. The van der Waals surface area contributed by atoms with E-state index in [1.54, 1.807) is 0 Å². The second-order valence-electron chi connectivity index (χ2n) is 2.60. The van der Waals surface area contributed by atoms with Crippen LogP contribution in [0.15, 0.2) is 0 Å². The second kappa shape index (κ2) is 2.02. The SMILES string of the molecule is NC1(F)CCCCC1. The number of hydrogen-bond acceptors (Lipinski definition) is 1. The van der Waals surface area contributed by atoms with Gasteiger partial charge in [0.05, 0.1) is 0 Å². The fourth-order valence-electron chi connectivity index (χ4n) is 1.14. The van der Waals surface area contributed by atoms with E-state index in [2.05, 4.69) is 0 Å². The van der Waals surface area contributed by atoms with Crippen LogP contribution in [0.1, 0.15) is 32.1 Å². The zero-order valence-electron chi connectivity index (χ0n) is 4.99. The molecule has 0 spiro atoms. The lowest BCUT2D eigenvalue weighted by Gasteiger charge is -2.24. The van der Waals surface area contributed by atoms with Crippen LogP contribution in [-0.4, -0.2) is 5.79 Å². The van der Waals surface area contributed by atoms with Crippen molar-refractivity contribution >= 4 is 0 Å². The first-order valence-corrected chi connectivity index (χ1v) is 3.18. The molecule has 1 saturated carbocycles. The van der Waals surface area contributed by atoms with Gasteiger partial charge in [-0.1, -0.05) is 6.42 Å². The number of nitrogens with two attached hydrogens (primary N) is 1. The maximum atomic E-state index is 12.6. The van der Waals surface area contributed by atoms with Crippen LogP contribution in [0.4, 0.5) is 4.39 Å². The van der Waals surface area contributed by atoms with Gasteiger partial charge in [0.2, 0.25) is 0 Å². The van der Waals surface area contributed by atoms with E-state index in [-0.39, 0.29) is 0 Å². The fourth-order valence-corrected chi connectivity index (χ4v) is 1.14. The van der Waals surface area contributed by atoms with E-state index in [0.717, 1.165) is 19.3 Å². The van der Waals surface area contributed by atoms with Crippen molar-refractivity contribution in [1.29, 1.82) is 0 Å². The molecule has 0 aromatic carbocycles. The van der Waals surface area contributed by atoms with Crippen LogP contribution in [0.25, 0.3) is 0 Å². The van der Waals surface area contributed by atoms with Gasteiger partial charge in [-0.3, -0.25) is 5.73 Å². The van der Waals surface area contributed by atoms with E-state index in [0.29, 0.717) is 12.8 Å². The third kappa shape index (κ3) is 1.44. The summed E-state index contributed by atoms with van der Waals surface area (Å²) >= 11 is 0. The first-order chi connectivity index (χ1) is 3.71. The lowest BCUT2D eigenvalue weighted by molar-refractivity contribution is 0.115. The summed E-state index contributed by atoms with van der Waals surface area (Å²) in [6.45, 7) is 0. The molecule has 0 atom stereocenters. The quantitative estimate of drug-likeness (QED) is 0.479. The van der Waals surface area contributed by atoms with Crippen LogP contribution in [0, 0.1) is 0 Å². The molecule has 8 heavy (non-hydrogen) atoms. The summed E-state index contributed by atoms with van der Waals surface area (Å²) in [5, 5.41) is 0. The Balaban J connectivity index is 2.33. The molecule has 48 valence electrons. The molecule has 0 aromatic rings. The Morgan fingerprint density at radius 3 is 1.88 bits per heavy atom. The summed E-state index contributed by atoms with van der Waals surface area (Å²) in [7, 11) is 0. The van der Waals surface area contributed by atoms with Gasteiger partial charge >= 0.3 is 0 Å². The van der Waals surface area contributed by atoms with E-state index >= 15 is 0 Å². The van der Waals surface area contributed by atoms with Gasteiger partial charge in [-0.05, 0) is 25.7 Å². The van der Waals surface area contributed by atoms with Gasteiger partial charge in [0.15, 0.2) is 5.79 Å². The molecule has 0 aromatic heterocycles. The highest BCUT2D eigenvalue weighted by Gasteiger charge is 2.25. The molecule has 0 heterocycles. The van der Waals surface area contributed by atoms with Crippen LogP contribution in [-0.2, 0) is 0 Å². The minimum atomic E-state index is -1.32. The van der Waals surface area contributed by atoms with Crippen molar-refractivity contribution in [2.24, 2.45) is 5.73 Å². The van der Waals surface area contributed by atoms with Gasteiger partial charge in [-0.15, -0.1) is 0 Å².